The standard InChI is InChI=1S/C22H15F3IN3O4S/c1-11(12-2-5-14(23)6-3-12)33-18-8-13(4-7-17(18)29-34(30,31)22(24)25)15-10-32-20-16(26)9-28-21(27)19(15)20/h2-10,22,29H,1H2,(H2,27,28). The lowest BCUT2D eigenvalue weighted by atomic mass is 10.0. The van der Waals surface area contributed by atoms with Crippen LogP contribution in [0.15, 0.2) is 65.9 Å². The molecule has 0 unspecified atom stereocenters. The van der Waals surface area contributed by atoms with Crippen LogP contribution in [0.2, 0.25) is 0 Å². The van der Waals surface area contributed by atoms with Crippen LogP contribution in [-0.2, 0) is 10.0 Å². The Labute approximate surface area is 205 Å². The number of nitrogen functional groups attached to an aromatic ring is 1. The highest BCUT2D eigenvalue weighted by Gasteiger charge is 2.26. The predicted octanol–water partition coefficient (Wildman–Crippen LogP) is 5.83. The number of rotatable bonds is 7. The van der Waals surface area contributed by atoms with E-state index < -0.39 is 21.6 Å². The van der Waals surface area contributed by atoms with Crippen LogP contribution in [0.25, 0.3) is 27.9 Å². The lowest BCUT2D eigenvalue weighted by molar-refractivity contribution is 0.236. The van der Waals surface area contributed by atoms with Crippen LogP contribution >= 0.6 is 22.6 Å². The van der Waals surface area contributed by atoms with Crippen molar-refractivity contribution in [1.82, 2.24) is 4.98 Å². The Bertz CT molecular complexity index is 1510. The summed E-state index contributed by atoms with van der Waals surface area (Å²) in [6, 6.07) is 9.36. The van der Waals surface area contributed by atoms with Crippen LogP contribution in [0.5, 0.6) is 5.75 Å². The molecule has 0 atom stereocenters. The Morgan fingerprint density at radius 3 is 2.59 bits per heavy atom. The second kappa shape index (κ2) is 9.18. The Balaban J connectivity index is 1.81. The highest BCUT2D eigenvalue weighted by atomic mass is 127. The van der Waals surface area contributed by atoms with Gasteiger partial charge in [-0.1, -0.05) is 12.6 Å². The second-order valence-electron chi connectivity index (χ2n) is 7.00. The highest BCUT2D eigenvalue weighted by molar-refractivity contribution is 14.1. The first kappa shape index (κ1) is 23.9. The van der Waals surface area contributed by atoms with Crippen molar-refractivity contribution in [3.63, 3.8) is 0 Å². The molecule has 12 heteroatoms. The zero-order valence-corrected chi connectivity index (χ0v) is 20.0. The van der Waals surface area contributed by atoms with Crippen molar-refractivity contribution in [2.75, 3.05) is 10.5 Å². The van der Waals surface area contributed by atoms with Crippen LogP contribution < -0.4 is 15.2 Å². The fourth-order valence-electron chi connectivity index (χ4n) is 3.13. The number of alkyl halides is 2. The van der Waals surface area contributed by atoms with Crippen molar-refractivity contribution in [2.45, 2.75) is 5.76 Å². The van der Waals surface area contributed by atoms with Gasteiger partial charge in [-0.15, -0.1) is 0 Å². The van der Waals surface area contributed by atoms with E-state index in [-0.39, 0.29) is 23.0 Å². The van der Waals surface area contributed by atoms with Crippen molar-refractivity contribution in [3.05, 3.63) is 76.5 Å². The molecule has 0 fully saturated rings. The van der Waals surface area contributed by atoms with E-state index in [2.05, 4.69) is 11.6 Å². The van der Waals surface area contributed by atoms with Gasteiger partial charge in [0, 0.05) is 17.3 Å². The van der Waals surface area contributed by atoms with Gasteiger partial charge < -0.3 is 14.9 Å². The van der Waals surface area contributed by atoms with Gasteiger partial charge in [-0.2, -0.15) is 8.78 Å². The maximum Gasteiger partial charge on any atom is 0.355 e. The number of nitrogens with two attached hydrogens (primary N) is 1. The summed E-state index contributed by atoms with van der Waals surface area (Å²) in [7, 11) is -4.99. The Hall–Kier alpha value is -3.26. The monoisotopic (exact) mass is 601 g/mol. The lowest BCUT2D eigenvalue weighted by Crippen LogP contribution is -2.21. The maximum absolute atomic E-state index is 13.3. The number of hydrogen-bond acceptors (Lipinski definition) is 6. The van der Waals surface area contributed by atoms with Crippen molar-refractivity contribution in [3.8, 4) is 16.9 Å². The van der Waals surface area contributed by atoms with Crippen molar-refractivity contribution >= 4 is 60.8 Å². The fourth-order valence-corrected chi connectivity index (χ4v) is 4.23. The molecule has 2 aromatic heterocycles. The summed E-state index contributed by atoms with van der Waals surface area (Å²) >= 11 is 2.04. The number of nitrogens with one attached hydrogen (secondary N) is 1. The first-order chi connectivity index (χ1) is 16.1. The molecule has 0 spiro atoms. The number of hydrogen-bond donors (Lipinski definition) is 2. The number of halogens is 4. The number of furan rings is 1. The van der Waals surface area contributed by atoms with E-state index in [0.717, 1.165) is 3.57 Å². The summed E-state index contributed by atoms with van der Waals surface area (Å²) in [6.45, 7) is 3.77. The van der Waals surface area contributed by atoms with Gasteiger partial charge in [0.15, 0.2) is 11.3 Å². The molecule has 34 heavy (non-hydrogen) atoms. The Morgan fingerprint density at radius 2 is 1.91 bits per heavy atom. The van der Waals surface area contributed by atoms with Gasteiger partial charge in [0.05, 0.1) is 20.9 Å². The van der Waals surface area contributed by atoms with Crippen molar-refractivity contribution < 1.29 is 30.7 Å². The molecule has 7 nitrogen and oxygen atoms in total. The maximum atomic E-state index is 13.3. The van der Waals surface area contributed by atoms with E-state index >= 15 is 0 Å². The third-order valence-electron chi connectivity index (χ3n) is 4.76. The number of anilines is 2. The van der Waals surface area contributed by atoms with Gasteiger partial charge in [0.25, 0.3) is 10.0 Å². The number of sulfonamides is 1. The zero-order valence-electron chi connectivity index (χ0n) is 17.1. The van der Waals surface area contributed by atoms with E-state index in [1.165, 1.54) is 48.7 Å². The van der Waals surface area contributed by atoms with Gasteiger partial charge in [-0.3, -0.25) is 4.72 Å². The molecule has 0 aliphatic carbocycles. The summed E-state index contributed by atoms with van der Waals surface area (Å²) in [4.78, 5) is 4.13. The first-order valence-electron chi connectivity index (χ1n) is 9.45. The van der Waals surface area contributed by atoms with Gasteiger partial charge >= 0.3 is 5.76 Å². The molecular formula is C22H15F3IN3O4S. The Kier molecular flexibility index (Phi) is 6.45. The molecule has 3 N–H and O–H groups in total. The number of fused-ring (bicyclic) bond motifs is 1. The van der Waals surface area contributed by atoms with Gasteiger partial charge in [0.1, 0.15) is 17.4 Å². The summed E-state index contributed by atoms with van der Waals surface area (Å²) < 4.78 is 76.7. The minimum Gasteiger partial charge on any atom is -0.462 e. The molecule has 2 heterocycles. The topological polar surface area (TPSA) is 107 Å². The molecule has 0 bridgehead atoms. The minimum absolute atomic E-state index is 0.0300. The largest absolute Gasteiger partial charge is 0.462 e. The van der Waals surface area contributed by atoms with Gasteiger partial charge in [-0.25, -0.2) is 17.8 Å². The fraction of sp³-hybridized carbons (Fsp3) is 0.0455. The van der Waals surface area contributed by atoms with Gasteiger partial charge in [0.2, 0.25) is 0 Å². The van der Waals surface area contributed by atoms with E-state index in [1.807, 2.05) is 27.3 Å². The number of aromatic nitrogens is 1. The molecule has 0 radical (unpaired) electrons. The number of nitrogens with zero attached hydrogens (tertiary/aromatic N) is 1. The van der Waals surface area contributed by atoms with Crippen LogP contribution in [0.3, 0.4) is 0 Å². The summed E-state index contributed by atoms with van der Waals surface area (Å²) in [5.74, 6) is -4.02. The van der Waals surface area contributed by atoms with Crippen LogP contribution in [-0.4, -0.2) is 19.2 Å². The molecule has 0 saturated carbocycles. The number of benzene rings is 2. The Morgan fingerprint density at radius 1 is 1.21 bits per heavy atom. The highest BCUT2D eigenvalue weighted by Crippen LogP contribution is 2.40. The lowest BCUT2D eigenvalue weighted by Gasteiger charge is -2.16. The van der Waals surface area contributed by atoms with E-state index in [0.29, 0.717) is 27.7 Å². The zero-order chi connectivity index (χ0) is 24.6. The number of pyridine rings is 1. The molecule has 0 aliphatic heterocycles. The van der Waals surface area contributed by atoms with Crippen LogP contribution in [0, 0.1) is 9.39 Å². The third-order valence-corrected chi connectivity index (χ3v) is 6.50. The normalized spacial score (nSPS) is 11.7. The molecular weight excluding hydrogens is 586 g/mol. The summed E-state index contributed by atoms with van der Waals surface area (Å²) in [5.41, 5.74) is 7.69. The molecule has 0 aliphatic rings. The average molecular weight is 601 g/mol. The first-order valence-corrected chi connectivity index (χ1v) is 12.1. The quantitative estimate of drug-likeness (QED) is 0.204. The van der Waals surface area contributed by atoms with Gasteiger partial charge in [-0.05, 0) is 64.6 Å². The smallest absolute Gasteiger partial charge is 0.355 e. The molecule has 0 amide bonds. The molecule has 4 rings (SSSR count). The van der Waals surface area contributed by atoms with Crippen molar-refractivity contribution in [2.24, 2.45) is 0 Å². The molecule has 4 aromatic rings. The average Bonchev–Trinajstić information content (AvgIpc) is 3.24. The van der Waals surface area contributed by atoms with E-state index in [4.69, 9.17) is 14.9 Å². The number of ether oxygens (including phenoxy) is 1. The van der Waals surface area contributed by atoms with Crippen molar-refractivity contribution in [1.29, 1.82) is 0 Å². The predicted molar refractivity (Wildman–Crippen MR) is 131 cm³/mol. The molecule has 176 valence electrons. The molecule has 2 aromatic carbocycles. The summed E-state index contributed by atoms with van der Waals surface area (Å²) in [6.07, 6.45) is 3.00. The van der Waals surface area contributed by atoms with E-state index in [1.54, 1.807) is 6.20 Å². The van der Waals surface area contributed by atoms with Crippen LogP contribution in [0.1, 0.15) is 5.56 Å². The summed E-state index contributed by atoms with van der Waals surface area (Å²) in [5, 5.41) is 0.524. The van der Waals surface area contributed by atoms with E-state index in [9.17, 15) is 21.6 Å². The third kappa shape index (κ3) is 4.68. The molecule has 0 saturated heterocycles. The SMILES string of the molecule is C=C(Oc1cc(-c2coc3c(I)cnc(N)c23)ccc1NS(=O)(=O)C(F)F)c1ccc(F)cc1. The minimum atomic E-state index is -4.99. The second-order valence-corrected chi connectivity index (χ2v) is 9.81. The van der Waals surface area contributed by atoms with Crippen LogP contribution in [0.4, 0.5) is 24.7 Å².